The highest BCUT2D eigenvalue weighted by Gasteiger charge is 2.18. The summed E-state index contributed by atoms with van der Waals surface area (Å²) in [4.78, 5) is 29.2. The van der Waals surface area contributed by atoms with Gasteiger partial charge in [0.25, 0.3) is 5.91 Å². The second-order valence-corrected chi connectivity index (χ2v) is 8.38. The number of ether oxygens (including phenoxy) is 1. The lowest BCUT2D eigenvalue weighted by molar-refractivity contribution is 0.0635. The Labute approximate surface area is 184 Å². The van der Waals surface area contributed by atoms with E-state index in [1.807, 2.05) is 16.9 Å². The molecule has 9 heteroatoms. The first kappa shape index (κ1) is 22.4. The number of nitrogens with one attached hydrogen (secondary N) is 2. The first-order chi connectivity index (χ1) is 14.7. The molecule has 0 unspecified atom stereocenters. The van der Waals surface area contributed by atoms with E-state index in [1.54, 1.807) is 51.4 Å². The van der Waals surface area contributed by atoms with Crippen molar-refractivity contribution in [3.8, 4) is 5.69 Å². The maximum atomic E-state index is 13.8. The van der Waals surface area contributed by atoms with Crippen LogP contribution in [0.25, 0.3) is 5.69 Å². The van der Waals surface area contributed by atoms with E-state index in [2.05, 4.69) is 15.6 Å². The monoisotopic (exact) mass is 442 g/mol. The van der Waals surface area contributed by atoms with Gasteiger partial charge in [0.1, 0.15) is 11.4 Å². The molecule has 162 valence electrons. The topological polar surface area (TPSA) is 85.3 Å². The number of carbonyl (C=O) groups excluding carboxylic acids is 2. The fourth-order valence-corrected chi connectivity index (χ4v) is 3.30. The number of carbonyl (C=O) groups is 2. The fraction of sp³-hybridized carbons (Fsp3) is 0.227. The summed E-state index contributed by atoms with van der Waals surface area (Å²) in [5.74, 6) is -1.01. The standard InChI is InChI=1S/C22H23FN4O3S/c1-22(2,3)30-21(29)26-17-9-8-15(23)13-18(17)25-19(28)14-6-5-7-16(12-14)27-11-10-24-20(27)31-4/h5-13H,1-4H3,(H,25,28)(H,26,29). The molecule has 0 saturated carbocycles. The maximum absolute atomic E-state index is 13.8. The van der Waals surface area contributed by atoms with Crippen LogP contribution in [0.15, 0.2) is 60.0 Å². The quantitative estimate of drug-likeness (QED) is 0.522. The summed E-state index contributed by atoms with van der Waals surface area (Å²) < 4.78 is 20.9. The number of amides is 2. The smallest absolute Gasteiger partial charge is 0.412 e. The van der Waals surface area contributed by atoms with E-state index >= 15 is 0 Å². The first-order valence-corrected chi connectivity index (χ1v) is 10.7. The molecule has 1 heterocycles. The molecule has 3 rings (SSSR count). The summed E-state index contributed by atoms with van der Waals surface area (Å²) in [6.07, 6.45) is 4.69. The Bertz CT molecular complexity index is 1110. The lowest BCUT2D eigenvalue weighted by atomic mass is 10.1. The Morgan fingerprint density at radius 1 is 1.10 bits per heavy atom. The van der Waals surface area contributed by atoms with Crippen LogP contribution in [0.2, 0.25) is 0 Å². The third-order valence-corrected chi connectivity index (χ3v) is 4.71. The zero-order valence-corrected chi connectivity index (χ0v) is 18.4. The highest BCUT2D eigenvalue weighted by molar-refractivity contribution is 7.98. The third kappa shape index (κ3) is 5.85. The molecular weight excluding hydrogens is 419 g/mol. The lowest BCUT2D eigenvalue weighted by Crippen LogP contribution is -2.27. The van der Waals surface area contributed by atoms with E-state index in [-0.39, 0.29) is 11.4 Å². The van der Waals surface area contributed by atoms with E-state index in [9.17, 15) is 14.0 Å². The van der Waals surface area contributed by atoms with E-state index < -0.39 is 23.4 Å². The second kappa shape index (κ2) is 9.22. The van der Waals surface area contributed by atoms with Crippen LogP contribution in [-0.2, 0) is 4.74 Å². The van der Waals surface area contributed by atoms with Crippen LogP contribution in [0.4, 0.5) is 20.6 Å². The first-order valence-electron chi connectivity index (χ1n) is 9.45. The molecule has 31 heavy (non-hydrogen) atoms. The summed E-state index contributed by atoms with van der Waals surface area (Å²) in [7, 11) is 0. The number of hydrogen-bond acceptors (Lipinski definition) is 5. The Kier molecular flexibility index (Phi) is 6.65. The van der Waals surface area contributed by atoms with Gasteiger partial charge in [-0.1, -0.05) is 17.8 Å². The molecule has 2 amide bonds. The largest absolute Gasteiger partial charge is 0.444 e. The van der Waals surface area contributed by atoms with Gasteiger partial charge in [-0.2, -0.15) is 0 Å². The van der Waals surface area contributed by atoms with Crippen LogP contribution in [0.3, 0.4) is 0 Å². The SMILES string of the molecule is CSc1nccn1-c1cccc(C(=O)Nc2cc(F)ccc2NC(=O)OC(C)(C)C)c1. The number of hydrogen-bond donors (Lipinski definition) is 2. The minimum absolute atomic E-state index is 0.119. The zero-order chi connectivity index (χ0) is 22.6. The van der Waals surface area contributed by atoms with Crippen LogP contribution in [0.1, 0.15) is 31.1 Å². The van der Waals surface area contributed by atoms with Crippen LogP contribution in [-0.4, -0.2) is 33.4 Å². The molecule has 0 saturated heterocycles. The molecule has 7 nitrogen and oxygen atoms in total. The molecule has 0 aliphatic heterocycles. The summed E-state index contributed by atoms with van der Waals surface area (Å²) in [6, 6.07) is 10.6. The number of aromatic nitrogens is 2. The predicted molar refractivity (Wildman–Crippen MR) is 120 cm³/mol. The van der Waals surface area contributed by atoms with Crippen molar-refractivity contribution in [3.63, 3.8) is 0 Å². The molecule has 0 aliphatic carbocycles. The second-order valence-electron chi connectivity index (χ2n) is 7.61. The Hall–Kier alpha value is -3.33. The summed E-state index contributed by atoms with van der Waals surface area (Å²) in [5.41, 5.74) is 0.774. The molecule has 1 aromatic heterocycles. The number of anilines is 2. The normalized spacial score (nSPS) is 11.1. The predicted octanol–water partition coefficient (Wildman–Crippen LogP) is 5.33. The lowest BCUT2D eigenvalue weighted by Gasteiger charge is -2.20. The Balaban J connectivity index is 1.83. The Morgan fingerprint density at radius 3 is 2.58 bits per heavy atom. The van der Waals surface area contributed by atoms with E-state index in [0.717, 1.165) is 16.9 Å². The molecule has 0 aliphatic rings. The van der Waals surface area contributed by atoms with Crippen molar-refractivity contribution < 1.29 is 18.7 Å². The van der Waals surface area contributed by atoms with Gasteiger partial charge in [0.2, 0.25) is 0 Å². The average Bonchev–Trinajstić information content (AvgIpc) is 3.17. The van der Waals surface area contributed by atoms with Crippen LogP contribution >= 0.6 is 11.8 Å². The molecule has 0 radical (unpaired) electrons. The third-order valence-electron chi connectivity index (χ3n) is 4.04. The summed E-state index contributed by atoms with van der Waals surface area (Å²) in [6.45, 7) is 5.20. The van der Waals surface area contributed by atoms with Crippen molar-refractivity contribution in [1.29, 1.82) is 0 Å². The van der Waals surface area contributed by atoms with Gasteiger partial charge in [0, 0.05) is 23.6 Å². The summed E-state index contributed by atoms with van der Waals surface area (Å²) in [5, 5.41) is 5.98. The highest BCUT2D eigenvalue weighted by Crippen LogP contribution is 2.25. The van der Waals surface area contributed by atoms with Gasteiger partial charge < -0.3 is 10.1 Å². The van der Waals surface area contributed by atoms with E-state index in [4.69, 9.17) is 4.74 Å². The van der Waals surface area contributed by atoms with Gasteiger partial charge in [-0.3, -0.25) is 14.7 Å². The van der Waals surface area contributed by atoms with Crippen molar-refractivity contribution in [1.82, 2.24) is 9.55 Å². The molecule has 0 bridgehead atoms. The number of halogens is 1. The molecule has 0 fully saturated rings. The van der Waals surface area contributed by atoms with Crippen molar-refractivity contribution >= 4 is 35.1 Å². The molecule has 0 atom stereocenters. The number of nitrogens with zero attached hydrogens (tertiary/aromatic N) is 2. The molecule has 2 aromatic carbocycles. The molecule has 3 aromatic rings. The highest BCUT2D eigenvalue weighted by atomic mass is 32.2. The minimum atomic E-state index is -0.707. The molecular formula is C22H23FN4O3S. The van der Waals surface area contributed by atoms with Crippen molar-refractivity contribution in [2.24, 2.45) is 0 Å². The number of imidazole rings is 1. The van der Waals surface area contributed by atoms with Gasteiger partial charge in [0.15, 0.2) is 5.16 Å². The van der Waals surface area contributed by atoms with E-state index in [1.165, 1.54) is 23.9 Å². The fourth-order valence-electron chi connectivity index (χ4n) is 2.77. The van der Waals surface area contributed by atoms with Gasteiger partial charge in [-0.05, 0) is 63.4 Å². The Morgan fingerprint density at radius 2 is 1.87 bits per heavy atom. The number of thioether (sulfide) groups is 1. The van der Waals surface area contributed by atoms with Gasteiger partial charge in [-0.25, -0.2) is 14.2 Å². The van der Waals surface area contributed by atoms with Gasteiger partial charge in [0.05, 0.1) is 11.4 Å². The zero-order valence-electron chi connectivity index (χ0n) is 17.6. The minimum Gasteiger partial charge on any atom is -0.444 e. The molecule has 2 N–H and O–H groups in total. The van der Waals surface area contributed by atoms with Crippen LogP contribution in [0, 0.1) is 5.82 Å². The summed E-state index contributed by atoms with van der Waals surface area (Å²) >= 11 is 1.48. The average molecular weight is 443 g/mol. The van der Waals surface area contributed by atoms with Crippen molar-refractivity contribution in [3.05, 3.63) is 66.2 Å². The number of rotatable bonds is 5. The van der Waals surface area contributed by atoms with Crippen molar-refractivity contribution in [2.75, 3.05) is 16.9 Å². The van der Waals surface area contributed by atoms with Gasteiger partial charge >= 0.3 is 6.09 Å². The van der Waals surface area contributed by atoms with Crippen molar-refractivity contribution in [2.45, 2.75) is 31.5 Å². The van der Waals surface area contributed by atoms with E-state index in [0.29, 0.717) is 5.56 Å². The van der Waals surface area contributed by atoms with Crippen LogP contribution < -0.4 is 10.6 Å². The van der Waals surface area contributed by atoms with Crippen LogP contribution in [0.5, 0.6) is 0 Å². The molecule has 0 spiro atoms. The van der Waals surface area contributed by atoms with Gasteiger partial charge in [-0.15, -0.1) is 0 Å². The number of benzene rings is 2. The maximum Gasteiger partial charge on any atom is 0.412 e.